The van der Waals surface area contributed by atoms with Gasteiger partial charge in [0.1, 0.15) is 0 Å². The molecule has 0 aromatic carbocycles. The van der Waals surface area contributed by atoms with Crippen molar-refractivity contribution in [2.45, 2.75) is 89.2 Å². The molecule has 32 heavy (non-hydrogen) atoms. The Morgan fingerprint density at radius 1 is 1.12 bits per heavy atom. The van der Waals surface area contributed by atoms with E-state index >= 15 is 0 Å². The van der Waals surface area contributed by atoms with Crippen LogP contribution in [0.1, 0.15) is 83.1 Å². The molecule has 1 heterocycles. The largest absolute Gasteiger partial charge is 0.431 e. The number of carbonyl (C=O) groups is 1. The van der Waals surface area contributed by atoms with Crippen molar-refractivity contribution >= 4 is 5.91 Å². The normalized spacial score (nSPS) is 45.4. The van der Waals surface area contributed by atoms with Crippen LogP contribution in [0.25, 0.3) is 0 Å². The van der Waals surface area contributed by atoms with E-state index in [0.29, 0.717) is 17.8 Å². The Balaban J connectivity index is 1.39. The maximum atomic E-state index is 12.3. The molecule has 6 nitrogen and oxygen atoms in total. The summed E-state index contributed by atoms with van der Waals surface area (Å²) in [6.45, 7) is 4.79. The Bertz CT molecular complexity index is 926. The Morgan fingerprint density at radius 2 is 1.94 bits per heavy atom. The van der Waals surface area contributed by atoms with Gasteiger partial charge in [0.15, 0.2) is 0 Å². The lowest BCUT2D eigenvalue weighted by Gasteiger charge is -2.63. The summed E-state index contributed by atoms with van der Waals surface area (Å²) in [6.07, 6.45) is 10.9. The third kappa shape index (κ3) is 3.12. The van der Waals surface area contributed by atoms with E-state index in [1.807, 2.05) is 6.07 Å². The Labute approximate surface area is 190 Å². The Morgan fingerprint density at radius 3 is 2.66 bits per heavy atom. The van der Waals surface area contributed by atoms with Crippen molar-refractivity contribution in [2.75, 3.05) is 6.54 Å². The van der Waals surface area contributed by atoms with Gasteiger partial charge in [-0.25, -0.2) is 4.79 Å². The molecule has 1 unspecified atom stereocenters. The SMILES string of the molecule is C[C@]12CCC(NC(=O)CN)C[C@H]1CC[C@@H]1[C@@H]2CC[C@]2(C)[C@@H](c3ccc(=O)oc3)CC[C@]12O. The number of hydrogen-bond donors (Lipinski definition) is 3. The van der Waals surface area contributed by atoms with Crippen LogP contribution in [0.4, 0.5) is 0 Å². The first kappa shape index (κ1) is 22.1. The van der Waals surface area contributed by atoms with Crippen LogP contribution < -0.4 is 16.7 Å². The van der Waals surface area contributed by atoms with Gasteiger partial charge in [0.25, 0.3) is 0 Å². The minimum absolute atomic E-state index is 0.0521. The molecule has 176 valence electrons. The predicted molar refractivity (Wildman–Crippen MR) is 122 cm³/mol. The third-order valence-electron chi connectivity index (χ3n) is 10.5. The van der Waals surface area contributed by atoms with Crippen molar-refractivity contribution in [3.63, 3.8) is 0 Å². The number of rotatable bonds is 3. The van der Waals surface area contributed by atoms with Gasteiger partial charge in [-0.1, -0.05) is 13.8 Å². The van der Waals surface area contributed by atoms with Gasteiger partial charge in [0.2, 0.25) is 5.91 Å². The van der Waals surface area contributed by atoms with E-state index in [2.05, 4.69) is 19.2 Å². The van der Waals surface area contributed by atoms with Crippen molar-refractivity contribution in [3.8, 4) is 0 Å². The highest BCUT2D eigenvalue weighted by Gasteiger charge is 2.67. The molecular weight excluding hydrogens is 404 g/mol. The molecule has 4 aliphatic carbocycles. The molecule has 4 N–H and O–H groups in total. The van der Waals surface area contributed by atoms with Crippen molar-refractivity contribution in [2.24, 2.45) is 34.3 Å². The van der Waals surface area contributed by atoms with Crippen molar-refractivity contribution in [1.29, 1.82) is 0 Å². The highest BCUT2D eigenvalue weighted by atomic mass is 16.4. The zero-order valence-electron chi connectivity index (χ0n) is 19.4. The summed E-state index contributed by atoms with van der Waals surface area (Å²) in [4.78, 5) is 23.3. The zero-order valence-corrected chi connectivity index (χ0v) is 19.4. The van der Waals surface area contributed by atoms with Crippen LogP contribution in [0.15, 0.2) is 27.6 Å². The highest BCUT2D eigenvalue weighted by Crippen LogP contribution is 2.70. The van der Waals surface area contributed by atoms with Gasteiger partial charge in [-0.05, 0) is 98.5 Å². The van der Waals surface area contributed by atoms with Crippen LogP contribution in [-0.4, -0.2) is 29.2 Å². The molecule has 6 heteroatoms. The first-order chi connectivity index (χ1) is 15.2. The number of nitrogens with one attached hydrogen (secondary N) is 1. The van der Waals surface area contributed by atoms with E-state index in [0.717, 1.165) is 63.4 Å². The van der Waals surface area contributed by atoms with Crippen LogP contribution in [0.3, 0.4) is 0 Å². The molecule has 4 saturated carbocycles. The summed E-state index contributed by atoms with van der Waals surface area (Å²) < 4.78 is 5.19. The second-order valence-electron chi connectivity index (χ2n) is 11.6. The molecule has 1 aromatic heterocycles. The van der Waals surface area contributed by atoms with Crippen LogP contribution in [0.5, 0.6) is 0 Å². The van der Waals surface area contributed by atoms with Gasteiger partial charge < -0.3 is 20.6 Å². The molecule has 4 aliphatic rings. The summed E-state index contributed by atoms with van der Waals surface area (Å²) in [7, 11) is 0. The van der Waals surface area contributed by atoms with E-state index in [1.54, 1.807) is 6.26 Å². The highest BCUT2D eigenvalue weighted by molar-refractivity contribution is 5.78. The molecule has 0 spiro atoms. The van der Waals surface area contributed by atoms with E-state index < -0.39 is 5.60 Å². The topological polar surface area (TPSA) is 106 Å². The summed E-state index contributed by atoms with van der Waals surface area (Å²) in [5.74, 6) is 1.61. The Kier molecular flexibility index (Phi) is 5.33. The van der Waals surface area contributed by atoms with Crippen molar-refractivity contribution in [1.82, 2.24) is 5.32 Å². The Hall–Kier alpha value is -1.66. The molecule has 1 amide bonds. The third-order valence-corrected chi connectivity index (χ3v) is 10.5. The van der Waals surface area contributed by atoms with E-state index in [-0.39, 0.29) is 40.9 Å². The molecule has 0 saturated heterocycles. The van der Waals surface area contributed by atoms with Gasteiger partial charge in [-0.3, -0.25) is 4.79 Å². The number of fused-ring (bicyclic) bond motifs is 5. The van der Waals surface area contributed by atoms with Crippen LogP contribution >= 0.6 is 0 Å². The molecule has 0 bridgehead atoms. The minimum Gasteiger partial charge on any atom is -0.431 e. The number of aliphatic hydroxyl groups is 1. The molecule has 4 fully saturated rings. The average Bonchev–Trinajstić information content (AvgIpc) is 3.06. The van der Waals surface area contributed by atoms with Gasteiger partial charge in [-0.15, -0.1) is 0 Å². The number of nitrogens with two attached hydrogens (primary N) is 1. The fraction of sp³-hybridized carbons (Fsp3) is 0.769. The van der Waals surface area contributed by atoms with Gasteiger partial charge in [0.05, 0.1) is 18.4 Å². The molecular formula is C26H38N2O4. The standard InChI is InChI=1S/C26H38N2O4/c1-24-10-7-18(28-22(29)14-27)13-17(24)4-5-21-20(24)8-11-25(2)19(9-12-26(21,25)31)16-3-6-23(30)32-15-16/h3,6,15,17-21,31H,4-5,7-14,27H2,1-2H3,(H,28,29)/t17-,18?,19-,20+,21-,24+,25-,26+/m1/s1. The molecule has 0 radical (unpaired) electrons. The fourth-order valence-electron chi connectivity index (χ4n) is 8.74. The van der Waals surface area contributed by atoms with Crippen LogP contribution in [0, 0.1) is 28.6 Å². The van der Waals surface area contributed by atoms with Crippen molar-refractivity contribution in [3.05, 3.63) is 34.4 Å². The van der Waals surface area contributed by atoms with Gasteiger partial charge in [-0.2, -0.15) is 0 Å². The second-order valence-corrected chi connectivity index (χ2v) is 11.6. The maximum Gasteiger partial charge on any atom is 0.335 e. The van der Waals surface area contributed by atoms with Crippen molar-refractivity contribution < 1.29 is 14.3 Å². The van der Waals surface area contributed by atoms with Crippen LogP contribution in [-0.2, 0) is 4.79 Å². The number of amides is 1. The monoisotopic (exact) mass is 442 g/mol. The average molecular weight is 443 g/mol. The maximum absolute atomic E-state index is 12.3. The van der Waals surface area contributed by atoms with E-state index in [1.165, 1.54) is 6.07 Å². The van der Waals surface area contributed by atoms with E-state index in [9.17, 15) is 14.7 Å². The lowest BCUT2D eigenvalue weighted by atomic mass is 9.43. The summed E-state index contributed by atoms with van der Waals surface area (Å²) in [6, 6.07) is 3.64. The van der Waals surface area contributed by atoms with Crippen LogP contribution in [0.2, 0.25) is 0 Å². The smallest absolute Gasteiger partial charge is 0.335 e. The lowest BCUT2D eigenvalue weighted by Crippen LogP contribution is -2.62. The van der Waals surface area contributed by atoms with E-state index in [4.69, 9.17) is 10.2 Å². The molecule has 1 aromatic rings. The first-order valence-electron chi connectivity index (χ1n) is 12.5. The zero-order chi connectivity index (χ0) is 22.7. The summed E-state index contributed by atoms with van der Waals surface area (Å²) in [5.41, 5.74) is 5.61. The fourth-order valence-corrected chi connectivity index (χ4v) is 8.74. The number of carbonyl (C=O) groups excluding carboxylic acids is 1. The second kappa shape index (κ2) is 7.69. The summed E-state index contributed by atoms with van der Waals surface area (Å²) >= 11 is 0. The number of hydrogen-bond acceptors (Lipinski definition) is 5. The predicted octanol–water partition coefficient (Wildman–Crippen LogP) is 3.32. The minimum atomic E-state index is -0.671. The molecule has 8 atom stereocenters. The summed E-state index contributed by atoms with van der Waals surface area (Å²) in [5, 5.41) is 15.4. The molecule has 5 rings (SSSR count). The molecule has 0 aliphatic heterocycles. The first-order valence-corrected chi connectivity index (χ1v) is 12.5. The quantitative estimate of drug-likeness (QED) is 0.666. The van der Waals surface area contributed by atoms with Gasteiger partial charge >= 0.3 is 5.63 Å². The van der Waals surface area contributed by atoms with Gasteiger partial charge in [0, 0.05) is 17.5 Å². The lowest BCUT2D eigenvalue weighted by molar-refractivity contribution is -0.202.